The highest BCUT2D eigenvalue weighted by Gasteiger charge is 2.38. The molecule has 2 aromatic carbocycles. The molecule has 1 unspecified atom stereocenters. The van der Waals surface area contributed by atoms with Crippen LogP contribution in [0.25, 0.3) is 0 Å². The molecule has 0 fully saturated rings. The fourth-order valence-electron chi connectivity index (χ4n) is 3.09. The molecule has 0 aliphatic carbocycles. The molecule has 7 nitrogen and oxygen atoms in total. The Kier molecular flexibility index (Phi) is 9.28. The molecule has 0 bridgehead atoms. The van der Waals surface area contributed by atoms with Gasteiger partial charge in [0.05, 0.1) is 34.5 Å². The maximum absolute atomic E-state index is 13.8. The van der Waals surface area contributed by atoms with E-state index >= 15 is 0 Å². The van der Waals surface area contributed by atoms with E-state index in [2.05, 4.69) is 27.9 Å². The number of ether oxygens (including phenoxy) is 3. The molecule has 0 radical (unpaired) electrons. The molecule has 30 heavy (non-hydrogen) atoms. The third kappa shape index (κ3) is 5.60. The molecular formula is C21H29INO6P. The number of nitrogens with one attached hydrogen (secondary N) is 1. The largest absolute Gasteiger partial charge is 0.493 e. The molecule has 0 saturated heterocycles. The molecule has 9 heteroatoms. The van der Waals surface area contributed by atoms with Crippen molar-refractivity contribution >= 4 is 35.9 Å². The Morgan fingerprint density at radius 1 is 0.967 bits per heavy atom. The van der Waals surface area contributed by atoms with Crippen molar-refractivity contribution < 1.29 is 27.8 Å². The first-order chi connectivity index (χ1) is 14.3. The van der Waals surface area contributed by atoms with Crippen LogP contribution in [0.4, 0.5) is 5.69 Å². The first kappa shape index (κ1) is 24.8. The zero-order valence-corrected chi connectivity index (χ0v) is 21.2. The average molecular weight is 549 g/mol. The summed E-state index contributed by atoms with van der Waals surface area (Å²) in [4.78, 5) is 0. The summed E-state index contributed by atoms with van der Waals surface area (Å²) in [6.45, 7) is 6.04. The van der Waals surface area contributed by atoms with E-state index in [4.69, 9.17) is 23.3 Å². The number of benzene rings is 2. The van der Waals surface area contributed by atoms with E-state index in [-0.39, 0.29) is 13.2 Å². The number of hydrogen-bond donors (Lipinski definition) is 1. The molecule has 166 valence electrons. The lowest BCUT2D eigenvalue weighted by Gasteiger charge is -2.29. The molecule has 0 aliphatic heterocycles. The topological polar surface area (TPSA) is 75.3 Å². The van der Waals surface area contributed by atoms with Gasteiger partial charge in [0.25, 0.3) is 0 Å². The molecule has 0 aromatic heterocycles. The zero-order valence-electron chi connectivity index (χ0n) is 18.2. The van der Waals surface area contributed by atoms with E-state index in [1.165, 1.54) is 21.3 Å². The SMILES string of the molecule is CCOP(=O)(OCC)C(Nc1ccc(I)cc1C)c1cc(OC)c(OC)c(OC)c1. The van der Waals surface area contributed by atoms with Crippen molar-refractivity contribution in [3.05, 3.63) is 45.0 Å². The van der Waals surface area contributed by atoms with Crippen LogP contribution < -0.4 is 19.5 Å². The van der Waals surface area contributed by atoms with Gasteiger partial charge < -0.3 is 28.6 Å². The van der Waals surface area contributed by atoms with Crippen LogP contribution in [0.15, 0.2) is 30.3 Å². The molecule has 0 heterocycles. The van der Waals surface area contributed by atoms with E-state index in [0.717, 1.165) is 14.8 Å². The number of anilines is 1. The summed E-state index contributed by atoms with van der Waals surface area (Å²) in [5.74, 6) is 0.579. The van der Waals surface area contributed by atoms with Crippen LogP contribution in [-0.2, 0) is 13.6 Å². The van der Waals surface area contributed by atoms with E-state index in [0.29, 0.717) is 22.8 Å². The van der Waals surface area contributed by atoms with Crippen LogP contribution in [0.2, 0.25) is 0 Å². The van der Waals surface area contributed by atoms with Crippen molar-refractivity contribution in [1.29, 1.82) is 0 Å². The smallest absolute Gasteiger partial charge is 0.357 e. The van der Waals surface area contributed by atoms with Crippen LogP contribution in [-0.4, -0.2) is 34.5 Å². The first-order valence-electron chi connectivity index (χ1n) is 9.54. The van der Waals surface area contributed by atoms with Gasteiger partial charge in [-0.15, -0.1) is 0 Å². The number of methoxy groups -OCH3 is 3. The summed E-state index contributed by atoms with van der Waals surface area (Å²) >= 11 is 2.26. The normalized spacial score (nSPS) is 12.4. The third-order valence-corrected chi connectivity index (χ3v) is 7.38. The molecule has 0 saturated carbocycles. The Morgan fingerprint density at radius 2 is 1.53 bits per heavy atom. The number of hydrogen-bond acceptors (Lipinski definition) is 7. The van der Waals surface area contributed by atoms with Crippen molar-refractivity contribution in [2.45, 2.75) is 26.6 Å². The first-order valence-corrected chi connectivity index (χ1v) is 12.2. The predicted molar refractivity (Wildman–Crippen MR) is 127 cm³/mol. The maximum Gasteiger partial charge on any atom is 0.357 e. The van der Waals surface area contributed by atoms with Gasteiger partial charge in [-0.3, -0.25) is 4.57 Å². The minimum atomic E-state index is -3.60. The van der Waals surface area contributed by atoms with Gasteiger partial charge >= 0.3 is 7.60 Å². The minimum Gasteiger partial charge on any atom is -0.493 e. The molecule has 2 rings (SSSR count). The van der Waals surface area contributed by atoms with Gasteiger partial charge in [-0.05, 0) is 84.8 Å². The van der Waals surface area contributed by atoms with Gasteiger partial charge in [0, 0.05) is 9.26 Å². The maximum atomic E-state index is 13.8. The van der Waals surface area contributed by atoms with E-state index in [1.54, 1.807) is 26.0 Å². The number of aryl methyl sites for hydroxylation is 1. The Hall–Kier alpha value is -1.48. The highest BCUT2D eigenvalue weighted by Crippen LogP contribution is 2.62. The standard InChI is InChI=1S/C21H29INO6P/c1-7-28-30(24,29-8-2)21(23-17-10-9-16(22)11-14(17)3)15-12-18(25-4)20(27-6)19(13-15)26-5/h9-13,21,23H,7-8H2,1-6H3. The summed E-state index contributed by atoms with van der Waals surface area (Å²) in [6.07, 6.45) is 0. The number of halogens is 1. The van der Waals surface area contributed by atoms with Crippen LogP contribution in [0.3, 0.4) is 0 Å². The summed E-state index contributed by atoms with van der Waals surface area (Å²) in [5.41, 5.74) is 2.47. The lowest BCUT2D eigenvalue weighted by molar-refractivity contribution is 0.214. The third-order valence-electron chi connectivity index (χ3n) is 4.42. The summed E-state index contributed by atoms with van der Waals surface area (Å²) in [5, 5.41) is 3.37. The van der Waals surface area contributed by atoms with Gasteiger partial charge in [0.1, 0.15) is 0 Å². The van der Waals surface area contributed by atoms with Crippen molar-refractivity contribution in [2.24, 2.45) is 0 Å². The quantitative estimate of drug-likeness (QED) is 0.272. The van der Waals surface area contributed by atoms with Crippen molar-refractivity contribution in [2.75, 3.05) is 39.9 Å². The lowest BCUT2D eigenvalue weighted by Crippen LogP contribution is -2.16. The van der Waals surface area contributed by atoms with Gasteiger partial charge in [0.2, 0.25) is 5.75 Å². The van der Waals surface area contributed by atoms with Crippen LogP contribution in [0, 0.1) is 10.5 Å². The monoisotopic (exact) mass is 549 g/mol. The van der Waals surface area contributed by atoms with E-state index < -0.39 is 13.4 Å². The average Bonchev–Trinajstić information content (AvgIpc) is 2.72. The van der Waals surface area contributed by atoms with Gasteiger partial charge in [-0.25, -0.2) is 0 Å². The lowest BCUT2D eigenvalue weighted by atomic mass is 10.1. The second-order valence-electron chi connectivity index (χ2n) is 6.34. The Labute approximate surface area is 192 Å². The van der Waals surface area contributed by atoms with E-state index in [9.17, 15) is 4.57 Å². The van der Waals surface area contributed by atoms with Crippen LogP contribution >= 0.6 is 30.2 Å². The Bertz CT molecular complexity index is 872. The van der Waals surface area contributed by atoms with Crippen LogP contribution in [0.1, 0.15) is 30.8 Å². The Morgan fingerprint density at radius 3 is 1.97 bits per heavy atom. The van der Waals surface area contributed by atoms with Crippen LogP contribution in [0.5, 0.6) is 17.2 Å². The van der Waals surface area contributed by atoms with Crippen molar-refractivity contribution in [3.8, 4) is 17.2 Å². The van der Waals surface area contributed by atoms with Gasteiger partial charge in [0.15, 0.2) is 17.3 Å². The molecule has 1 atom stereocenters. The molecular weight excluding hydrogens is 520 g/mol. The molecule has 0 amide bonds. The molecule has 0 spiro atoms. The van der Waals surface area contributed by atoms with E-state index in [1.807, 2.05) is 25.1 Å². The zero-order chi connectivity index (χ0) is 22.3. The second kappa shape index (κ2) is 11.2. The second-order valence-corrected chi connectivity index (χ2v) is 9.70. The fourth-order valence-corrected chi connectivity index (χ4v) is 5.64. The highest BCUT2D eigenvalue weighted by molar-refractivity contribution is 14.1. The molecule has 1 N–H and O–H groups in total. The highest BCUT2D eigenvalue weighted by atomic mass is 127. The Balaban J connectivity index is 2.67. The number of rotatable bonds is 11. The van der Waals surface area contributed by atoms with Gasteiger partial charge in [-0.2, -0.15) is 0 Å². The minimum absolute atomic E-state index is 0.242. The van der Waals surface area contributed by atoms with Crippen molar-refractivity contribution in [1.82, 2.24) is 0 Å². The fraction of sp³-hybridized carbons (Fsp3) is 0.429. The van der Waals surface area contributed by atoms with Crippen molar-refractivity contribution in [3.63, 3.8) is 0 Å². The summed E-state index contributed by atoms with van der Waals surface area (Å²) in [7, 11) is 1.02. The van der Waals surface area contributed by atoms with Gasteiger partial charge in [-0.1, -0.05) is 0 Å². The molecule has 0 aliphatic rings. The summed E-state index contributed by atoms with van der Waals surface area (Å²) in [6, 6.07) is 9.48. The molecule has 2 aromatic rings. The summed E-state index contributed by atoms with van der Waals surface area (Å²) < 4.78 is 42.7. The predicted octanol–water partition coefficient (Wildman–Crippen LogP) is 6.00.